The molecule has 0 bridgehead atoms. The molecule has 0 aliphatic carbocycles. The lowest BCUT2D eigenvalue weighted by molar-refractivity contribution is 0.439. The molecule has 0 fully saturated rings. The average molecular weight is 256 g/mol. The Kier molecular flexibility index (Phi) is 2.68. The molecule has 6 heteroatoms. The third-order valence-electron chi connectivity index (χ3n) is 2.69. The van der Waals surface area contributed by atoms with Gasteiger partial charge in [0.15, 0.2) is 0 Å². The lowest BCUT2D eigenvalue weighted by Crippen LogP contribution is -1.89. The topological polar surface area (TPSA) is 77.8 Å². The van der Waals surface area contributed by atoms with E-state index in [1.807, 2.05) is 0 Å². The van der Waals surface area contributed by atoms with Crippen LogP contribution in [0.4, 0.5) is 10.3 Å². The summed E-state index contributed by atoms with van der Waals surface area (Å²) in [6, 6.07) is 7.81. The molecule has 0 atom stereocenters. The molecule has 0 aliphatic rings. The van der Waals surface area contributed by atoms with Gasteiger partial charge in [0.25, 0.3) is 0 Å². The van der Waals surface area contributed by atoms with E-state index in [1.165, 1.54) is 18.3 Å². The largest absolute Gasteiger partial charge is 0.367 e. The molecule has 0 saturated heterocycles. The van der Waals surface area contributed by atoms with Crippen molar-refractivity contribution in [2.24, 2.45) is 0 Å². The van der Waals surface area contributed by atoms with E-state index < -0.39 is 0 Å². The van der Waals surface area contributed by atoms with Crippen molar-refractivity contribution in [3.05, 3.63) is 48.5 Å². The van der Waals surface area contributed by atoms with Crippen molar-refractivity contribution in [3.63, 3.8) is 0 Å². The standard InChI is InChI=1S/C13H9FN4O/c14-10-3-1-2-8(6-10)11-12(18-19-13(11)15)9-4-5-16-17-7-9/h1-7H,15H2. The Morgan fingerprint density at radius 3 is 2.74 bits per heavy atom. The fourth-order valence-corrected chi connectivity index (χ4v) is 1.85. The highest BCUT2D eigenvalue weighted by Gasteiger charge is 2.17. The van der Waals surface area contributed by atoms with Crippen LogP contribution >= 0.6 is 0 Å². The van der Waals surface area contributed by atoms with Crippen LogP contribution < -0.4 is 5.73 Å². The predicted octanol–water partition coefficient (Wildman–Crippen LogP) is 2.52. The predicted molar refractivity (Wildman–Crippen MR) is 67.3 cm³/mol. The normalized spacial score (nSPS) is 10.6. The van der Waals surface area contributed by atoms with Crippen LogP contribution in [0.15, 0.2) is 47.2 Å². The molecule has 19 heavy (non-hydrogen) atoms. The number of nitrogen functional groups attached to an aromatic ring is 1. The molecule has 0 amide bonds. The highest BCUT2D eigenvalue weighted by molar-refractivity contribution is 5.86. The Morgan fingerprint density at radius 2 is 2.00 bits per heavy atom. The summed E-state index contributed by atoms with van der Waals surface area (Å²) >= 11 is 0. The van der Waals surface area contributed by atoms with Gasteiger partial charge in [-0.2, -0.15) is 10.2 Å². The third kappa shape index (κ3) is 2.03. The van der Waals surface area contributed by atoms with Gasteiger partial charge in [-0.15, -0.1) is 0 Å². The van der Waals surface area contributed by atoms with Crippen LogP contribution in [0, 0.1) is 5.82 Å². The maximum Gasteiger partial charge on any atom is 0.230 e. The van der Waals surface area contributed by atoms with Gasteiger partial charge in [-0.3, -0.25) is 0 Å². The lowest BCUT2D eigenvalue weighted by Gasteiger charge is -2.02. The van der Waals surface area contributed by atoms with Crippen LogP contribution in [0.25, 0.3) is 22.4 Å². The molecule has 5 nitrogen and oxygen atoms in total. The van der Waals surface area contributed by atoms with Gasteiger partial charge in [0.1, 0.15) is 11.5 Å². The van der Waals surface area contributed by atoms with E-state index >= 15 is 0 Å². The fourth-order valence-electron chi connectivity index (χ4n) is 1.85. The molecule has 2 N–H and O–H groups in total. The van der Waals surface area contributed by atoms with Crippen molar-refractivity contribution >= 4 is 5.88 Å². The first-order valence-corrected chi connectivity index (χ1v) is 5.54. The molecule has 0 unspecified atom stereocenters. The van der Waals surface area contributed by atoms with Crippen molar-refractivity contribution in [1.29, 1.82) is 0 Å². The Morgan fingerprint density at radius 1 is 1.11 bits per heavy atom. The highest BCUT2D eigenvalue weighted by atomic mass is 19.1. The second-order valence-electron chi connectivity index (χ2n) is 3.91. The lowest BCUT2D eigenvalue weighted by atomic mass is 10.0. The van der Waals surface area contributed by atoms with E-state index in [9.17, 15) is 4.39 Å². The molecule has 0 radical (unpaired) electrons. The summed E-state index contributed by atoms with van der Waals surface area (Å²) < 4.78 is 18.3. The van der Waals surface area contributed by atoms with Crippen LogP contribution in [0.5, 0.6) is 0 Å². The van der Waals surface area contributed by atoms with Crippen LogP contribution in [-0.2, 0) is 0 Å². The Labute approximate surface area is 107 Å². The van der Waals surface area contributed by atoms with Crippen molar-refractivity contribution in [2.75, 3.05) is 5.73 Å². The molecule has 94 valence electrons. The summed E-state index contributed by atoms with van der Waals surface area (Å²) in [6.07, 6.45) is 3.08. The molecule has 0 spiro atoms. The number of halogens is 1. The van der Waals surface area contributed by atoms with E-state index in [0.717, 1.165) is 0 Å². The van der Waals surface area contributed by atoms with Gasteiger partial charge in [0.05, 0.1) is 18.0 Å². The number of anilines is 1. The molecule has 3 rings (SSSR count). The van der Waals surface area contributed by atoms with Crippen molar-refractivity contribution < 1.29 is 8.91 Å². The summed E-state index contributed by atoms with van der Waals surface area (Å²) in [7, 11) is 0. The second kappa shape index (κ2) is 4.49. The first-order chi connectivity index (χ1) is 9.25. The summed E-state index contributed by atoms with van der Waals surface area (Å²) in [5.74, 6) is -0.214. The molecule has 0 aliphatic heterocycles. The maximum absolute atomic E-state index is 13.3. The monoisotopic (exact) mass is 256 g/mol. The van der Waals surface area contributed by atoms with Crippen molar-refractivity contribution in [1.82, 2.24) is 15.4 Å². The van der Waals surface area contributed by atoms with E-state index in [1.54, 1.807) is 24.4 Å². The fraction of sp³-hybridized carbons (Fsp3) is 0. The molecule has 2 aromatic heterocycles. The second-order valence-corrected chi connectivity index (χ2v) is 3.91. The first kappa shape index (κ1) is 11.3. The molecular formula is C13H9FN4O. The summed E-state index contributed by atoms with van der Waals surface area (Å²) in [4.78, 5) is 0. The quantitative estimate of drug-likeness (QED) is 0.762. The Hall–Kier alpha value is -2.76. The Bertz CT molecular complexity index is 712. The number of benzene rings is 1. The van der Waals surface area contributed by atoms with Gasteiger partial charge in [-0.05, 0) is 23.8 Å². The average Bonchev–Trinajstić information content (AvgIpc) is 2.82. The molecule has 1 aromatic carbocycles. The van der Waals surface area contributed by atoms with Gasteiger partial charge in [-0.1, -0.05) is 17.3 Å². The number of hydrogen-bond acceptors (Lipinski definition) is 5. The third-order valence-corrected chi connectivity index (χ3v) is 2.69. The molecule has 3 aromatic rings. The van der Waals surface area contributed by atoms with Gasteiger partial charge >= 0.3 is 0 Å². The molecule has 0 saturated carbocycles. The number of rotatable bonds is 2. The zero-order valence-corrected chi connectivity index (χ0v) is 9.75. The minimum absolute atomic E-state index is 0.136. The summed E-state index contributed by atoms with van der Waals surface area (Å²) in [5, 5.41) is 11.4. The smallest absolute Gasteiger partial charge is 0.230 e. The van der Waals surface area contributed by atoms with E-state index in [4.69, 9.17) is 10.3 Å². The van der Waals surface area contributed by atoms with Crippen LogP contribution in [0.1, 0.15) is 0 Å². The maximum atomic E-state index is 13.3. The van der Waals surface area contributed by atoms with E-state index in [0.29, 0.717) is 22.4 Å². The Balaban J connectivity index is 2.20. The minimum Gasteiger partial charge on any atom is -0.367 e. The van der Waals surface area contributed by atoms with E-state index in [2.05, 4.69) is 15.4 Å². The van der Waals surface area contributed by atoms with Crippen molar-refractivity contribution in [2.45, 2.75) is 0 Å². The van der Waals surface area contributed by atoms with Crippen LogP contribution in [-0.4, -0.2) is 15.4 Å². The highest BCUT2D eigenvalue weighted by Crippen LogP contribution is 2.35. The van der Waals surface area contributed by atoms with E-state index in [-0.39, 0.29) is 11.7 Å². The number of nitrogens with two attached hydrogens (primary N) is 1. The summed E-state index contributed by atoms with van der Waals surface area (Å²) in [6.45, 7) is 0. The molecular weight excluding hydrogens is 247 g/mol. The van der Waals surface area contributed by atoms with Gasteiger partial charge in [-0.25, -0.2) is 4.39 Å². The molecule has 2 heterocycles. The van der Waals surface area contributed by atoms with Gasteiger partial charge in [0.2, 0.25) is 5.88 Å². The van der Waals surface area contributed by atoms with Crippen molar-refractivity contribution in [3.8, 4) is 22.4 Å². The minimum atomic E-state index is -0.350. The number of nitrogens with zero attached hydrogens (tertiary/aromatic N) is 3. The first-order valence-electron chi connectivity index (χ1n) is 5.54. The number of aromatic nitrogens is 3. The van der Waals surface area contributed by atoms with Gasteiger partial charge < -0.3 is 10.3 Å². The summed E-state index contributed by atoms with van der Waals surface area (Å²) in [5.41, 5.74) is 8.14. The number of hydrogen-bond donors (Lipinski definition) is 1. The SMILES string of the molecule is Nc1onc(-c2ccnnc2)c1-c1cccc(F)c1. The zero-order valence-electron chi connectivity index (χ0n) is 9.75. The van der Waals surface area contributed by atoms with Gasteiger partial charge in [0, 0.05) is 5.56 Å². The van der Waals surface area contributed by atoms with Crippen LogP contribution in [0.3, 0.4) is 0 Å². The van der Waals surface area contributed by atoms with Crippen LogP contribution in [0.2, 0.25) is 0 Å². The zero-order chi connectivity index (χ0) is 13.2.